The summed E-state index contributed by atoms with van der Waals surface area (Å²) < 4.78 is 46.9. The Labute approximate surface area is 97.2 Å². The molecule has 0 fully saturated rings. The second-order valence-corrected chi connectivity index (χ2v) is 5.24. The third-order valence-electron chi connectivity index (χ3n) is 1.69. The fourth-order valence-electron chi connectivity index (χ4n) is 1.03. The van der Waals surface area contributed by atoms with Crippen molar-refractivity contribution >= 4 is 25.6 Å². The van der Waals surface area contributed by atoms with E-state index >= 15 is 0 Å². The maximum atomic E-state index is 12.5. The molecule has 0 aliphatic carbocycles. The number of aromatic nitrogens is 1. The minimum absolute atomic E-state index is 0.293. The highest BCUT2D eigenvalue weighted by atomic mass is 35.7. The lowest BCUT2D eigenvalue weighted by Gasteiger charge is -2.06. The van der Waals surface area contributed by atoms with E-state index in [2.05, 4.69) is 4.98 Å². The second kappa shape index (κ2) is 4.37. The predicted octanol–water partition coefficient (Wildman–Crippen LogP) is 1.56. The predicted molar refractivity (Wildman–Crippen MR) is 50.6 cm³/mol. The number of nitro groups is 1. The average Bonchev–Trinajstić information content (AvgIpc) is 2.14. The molecule has 0 spiro atoms. The van der Waals surface area contributed by atoms with E-state index in [9.17, 15) is 27.3 Å². The molecule has 0 aliphatic heterocycles. The van der Waals surface area contributed by atoms with Crippen molar-refractivity contribution in [3.05, 3.63) is 21.9 Å². The van der Waals surface area contributed by atoms with Gasteiger partial charge in [-0.25, -0.2) is 17.2 Å². The summed E-state index contributed by atoms with van der Waals surface area (Å²) in [7, 11) is 0.233. The molecule has 11 heteroatoms. The Morgan fingerprint density at radius 1 is 1.53 bits per heavy atom. The van der Waals surface area contributed by atoms with Gasteiger partial charge in [-0.1, -0.05) is 0 Å². The first-order valence-corrected chi connectivity index (χ1v) is 6.06. The molecule has 1 N–H and O–H groups in total. The lowest BCUT2D eigenvalue weighted by Crippen LogP contribution is -2.03. The third-order valence-corrected chi connectivity index (χ3v) is 3.04. The standard InChI is InChI=1S/C6H3ClF2N2O5S/c7-17(15,16)2-1-10-6(11(13)14)4(12)3(2)5(8)9/h1,5,12H. The number of nitrogens with zero attached hydrogens (tertiary/aromatic N) is 2. The molecule has 0 aliphatic rings. The largest absolute Gasteiger partial charge is 0.501 e. The molecule has 7 nitrogen and oxygen atoms in total. The van der Waals surface area contributed by atoms with E-state index in [1.807, 2.05) is 0 Å². The molecule has 0 saturated heterocycles. The van der Waals surface area contributed by atoms with Crippen LogP contribution in [0.25, 0.3) is 0 Å². The molecule has 94 valence electrons. The Morgan fingerprint density at radius 3 is 2.41 bits per heavy atom. The molecule has 0 bridgehead atoms. The fourth-order valence-corrected chi connectivity index (χ4v) is 2.02. The van der Waals surface area contributed by atoms with E-state index in [0.29, 0.717) is 6.20 Å². The molecular weight excluding hydrogens is 286 g/mol. The number of hydrogen-bond acceptors (Lipinski definition) is 6. The lowest BCUT2D eigenvalue weighted by molar-refractivity contribution is -0.390. The Morgan fingerprint density at radius 2 is 2.06 bits per heavy atom. The zero-order valence-electron chi connectivity index (χ0n) is 7.67. The van der Waals surface area contributed by atoms with Crippen LogP contribution >= 0.6 is 10.7 Å². The molecule has 1 aromatic rings. The first-order valence-electron chi connectivity index (χ1n) is 3.75. The van der Waals surface area contributed by atoms with Crippen LogP contribution in [0.4, 0.5) is 14.6 Å². The number of aromatic hydroxyl groups is 1. The van der Waals surface area contributed by atoms with E-state index in [1.165, 1.54) is 0 Å². The summed E-state index contributed by atoms with van der Waals surface area (Å²) in [6, 6.07) is 0. The van der Waals surface area contributed by atoms with Gasteiger partial charge < -0.3 is 15.2 Å². The van der Waals surface area contributed by atoms with Crippen molar-refractivity contribution in [3.63, 3.8) is 0 Å². The Kier molecular flexibility index (Phi) is 3.48. The van der Waals surface area contributed by atoms with Gasteiger partial charge >= 0.3 is 5.82 Å². The summed E-state index contributed by atoms with van der Waals surface area (Å²) >= 11 is 0. The molecule has 0 atom stereocenters. The summed E-state index contributed by atoms with van der Waals surface area (Å²) in [5.74, 6) is -2.80. The van der Waals surface area contributed by atoms with Crippen LogP contribution in [-0.2, 0) is 9.05 Å². The highest BCUT2D eigenvalue weighted by Gasteiger charge is 2.33. The first kappa shape index (κ1) is 13.5. The number of pyridine rings is 1. The van der Waals surface area contributed by atoms with Gasteiger partial charge in [-0.2, -0.15) is 0 Å². The molecule has 0 amide bonds. The number of hydrogen-bond donors (Lipinski definition) is 1. The lowest BCUT2D eigenvalue weighted by atomic mass is 10.2. The minimum atomic E-state index is -4.60. The van der Waals surface area contributed by atoms with Crippen LogP contribution in [0.3, 0.4) is 0 Å². The highest BCUT2D eigenvalue weighted by Crippen LogP contribution is 2.39. The van der Waals surface area contributed by atoms with Gasteiger partial charge in [-0.05, 0) is 9.91 Å². The van der Waals surface area contributed by atoms with Crippen LogP contribution < -0.4 is 0 Å². The molecule has 1 rings (SSSR count). The maximum Gasteiger partial charge on any atom is 0.406 e. The Bertz CT molecular complexity index is 576. The summed E-state index contributed by atoms with van der Waals surface area (Å²) in [6.07, 6.45) is -3.16. The van der Waals surface area contributed by atoms with Crippen molar-refractivity contribution in [2.75, 3.05) is 0 Å². The van der Waals surface area contributed by atoms with Gasteiger partial charge in [-0.3, -0.25) is 0 Å². The molecule has 17 heavy (non-hydrogen) atoms. The van der Waals surface area contributed by atoms with Gasteiger partial charge in [0.1, 0.15) is 4.90 Å². The van der Waals surface area contributed by atoms with Crippen molar-refractivity contribution in [2.24, 2.45) is 0 Å². The minimum Gasteiger partial charge on any atom is -0.501 e. The molecule has 0 saturated carbocycles. The van der Waals surface area contributed by atoms with Crippen molar-refractivity contribution in [2.45, 2.75) is 11.3 Å². The first-order chi connectivity index (χ1) is 7.66. The highest BCUT2D eigenvalue weighted by molar-refractivity contribution is 8.13. The monoisotopic (exact) mass is 288 g/mol. The van der Waals surface area contributed by atoms with Crippen LogP contribution in [0.5, 0.6) is 5.75 Å². The topological polar surface area (TPSA) is 110 Å². The summed E-state index contributed by atoms with van der Waals surface area (Å²) in [5, 5.41) is 19.5. The zero-order valence-corrected chi connectivity index (χ0v) is 9.24. The fraction of sp³-hybridized carbons (Fsp3) is 0.167. The van der Waals surface area contributed by atoms with Gasteiger partial charge in [0.25, 0.3) is 15.5 Å². The van der Waals surface area contributed by atoms with Crippen LogP contribution in [0.2, 0.25) is 0 Å². The molecular formula is C6H3ClF2N2O5S. The molecule has 0 unspecified atom stereocenters. The number of alkyl halides is 2. The second-order valence-electron chi connectivity index (χ2n) is 2.70. The molecule has 1 heterocycles. The van der Waals surface area contributed by atoms with Gasteiger partial charge in [0.05, 0.1) is 5.56 Å². The Balaban J connectivity index is 3.69. The SMILES string of the molecule is O=[N+]([O-])c1ncc(S(=O)(=O)Cl)c(C(F)F)c1O. The van der Waals surface area contributed by atoms with E-state index in [0.717, 1.165) is 0 Å². The van der Waals surface area contributed by atoms with Crippen LogP contribution in [0.15, 0.2) is 11.1 Å². The van der Waals surface area contributed by atoms with Gasteiger partial charge in [0.15, 0.2) is 6.20 Å². The maximum absolute atomic E-state index is 12.5. The van der Waals surface area contributed by atoms with E-state index in [4.69, 9.17) is 15.8 Å². The third kappa shape index (κ3) is 2.58. The Hall–Kier alpha value is -1.55. The van der Waals surface area contributed by atoms with Crippen LogP contribution in [0.1, 0.15) is 12.0 Å². The number of halogens is 3. The van der Waals surface area contributed by atoms with Crippen LogP contribution in [0, 0.1) is 10.1 Å². The van der Waals surface area contributed by atoms with E-state index in [1.54, 1.807) is 0 Å². The average molecular weight is 289 g/mol. The van der Waals surface area contributed by atoms with E-state index < -0.39 is 42.4 Å². The van der Waals surface area contributed by atoms with Gasteiger partial charge in [-0.15, -0.1) is 0 Å². The normalized spacial score (nSPS) is 11.8. The van der Waals surface area contributed by atoms with Gasteiger partial charge in [0.2, 0.25) is 5.75 Å². The van der Waals surface area contributed by atoms with Crippen molar-refractivity contribution < 1.29 is 27.2 Å². The van der Waals surface area contributed by atoms with Crippen molar-refractivity contribution in [1.29, 1.82) is 0 Å². The molecule has 1 aromatic heterocycles. The van der Waals surface area contributed by atoms with Crippen molar-refractivity contribution in [3.8, 4) is 5.75 Å². The summed E-state index contributed by atoms with van der Waals surface area (Å²) in [6.45, 7) is 0. The summed E-state index contributed by atoms with van der Waals surface area (Å²) in [5.41, 5.74) is -1.44. The quantitative estimate of drug-likeness (QED) is 0.513. The zero-order chi connectivity index (χ0) is 13.4. The van der Waals surface area contributed by atoms with Crippen LogP contribution in [-0.4, -0.2) is 23.4 Å². The molecule has 0 aromatic carbocycles. The van der Waals surface area contributed by atoms with Crippen molar-refractivity contribution in [1.82, 2.24) is 4.98 Å². The smallest absolute Gasteiger partial charge is 0.406 e. The molecule has 0 radical (unpaired) electrons. The number of rotatable bonds is 3. The van der Waals surface area contributed by atoms with Gasteiger partial charge in [0, 0.05) is 10.7 Å². The van der Waals surface area contributed by atoms with E-state index in [-0.39, 0.29) is 0 Å². The summed E-state index contributed by atoms with van der Waals surface area (Å²) in [4.78, 5) is 10.9.